The Kier molecular flexibility index (Phi) is 3.92. The summed E-state index contributed by atoms with van der Waals surface area (Å²) in [5, 5.41) is 8.85. The Morgan fingerprint density at radius 3 is 2.38 bits per heavy atom. The Hall–Kier alpha value is -2.27. The number of para-hydroxylation sites is 1. The molecule has 21 heavy (non-hydrogen) atoms. The number of carboxylic acid groups (broad SMARTS) is 1. The maximum atomic E-state index is 10.8. The summed E-state index contributed by atoms with van der Waals surface area (Å²) in [6.07, 6.45) is 0. The molecule has 5 nitrogen and oxygen atoms in total. The summed E-state index contributed by atoms with van der Waals surface area (Å²) >= 11 is 0. The lowest BCUT2D eigenvalue weighted by molar-refractivity contribution is 0.0658. The molecule has 0 unspecified atom stereocenters. The monoisotopic (exact) mass is 286 g/mol. The zero-order valence-corrected chi connectivity index (χ0v) is 11.7. The van der Waals surface area contributed by atoms with Gasteiger partial charge in [0.15, 0.2) is 0 Å². The molecule has 0 bridgehead atoms. The van der Waals surface area contributed by atoms with E-state index in [9.17, 15) is 4.79 Å². The molecule has 1 saturated heterocycles. The van der Waals surface area contributed by atoms with Crippen molar-refractivity contribution in [2.24, 2.45) is 0 Å². The van der Waals surface area contributed by atoms with Crippen molar-refractivity contribution in [3.05, 3.63) is 54.0 Å². The Bertz CT molecular complexity index is 601. The lowest BCUT2D eigenvalue weighted by atomic mass is 10.2. The van der Waals surface area contributed by atoms with Crippen molar-refractivity contribution >= 4 is 11.7 Å². The lowest BCUT2D eigenvalue weighted by Gasteiger charge is -2.35. The van der Waals surface area contributed by atoms with Gasteiger partial charge in [0.25, 0.3) is 0 Å². The average molecular weight is 286 g/mol. The molecular weight excluding hydrogens is 268 g/mol. The topological polar surface area (TPSA) is 56.9 Å². The second kappa shape index (κ2) is 6.01. The van der Waals surface area contributed by atoms with E-state index in [0.717, 1.165) is 26.2 Å². The highest BCUT2D eigenvalue weighted by atomic mass is 16.4. The van der Waals surface area contributed by atoms with E-state index in [2.05, 4.69) is 34.1 Å². The molecule has 1 aromatic carbocycles. The van der Waals surface area contributed by atoms with E-state index < -0.39 is 5.97 Å². The number of piperazine rings is 1. The van der Waals surface area contributed by atoms with Crippen LogP contribution in [0.15, 0.2) is 46.9 Å². The summed E-state index contributed by atoms with van der Waals surface area (Å²) in [6.45, 7) is 4.49. The molecule has 3 rings (SSSR count). The van der Waals surface area contributed by atoms with Crippen LogP contribution >= 0.6 is 0 Å². The molecular formula is C16H18N2O3. The summed E-state index contributed by atoms with van der Waals surface area (Å²) in [5.74, 6) is -0.302. The standard InChI is InChI=1S/C16H18N2O3/c19-16(20)15-7-6-14(21-15)12-17-8-10-18(11-9-17)13-4-2-1-3-5-13/h1-7H,8-12H2,(H,19,20). The van der Waals surface area contributed by atoms with Gasteiger partial charge < -0.3 is 14.4 Å². The van der Waals surface area contributed by atoms with Crippen LogP contribution in [0.4, 0.5) is 5.69 Å². The first-order valence-electron chi connectivity index (χ1n) is 7.07. The SMILES string of the molecule is O=C(O)c1ccc(CN2CCN(c3ccccc3)CC2)o1. The molecule has 0 saturated carbocycles. The number of carboxylic acids is 1. The lowest BCUT2D eigenvalue weighted by Crippen LogP contribution is -2.45. The minimum atomic E-state index is -1.02. The molecule has 1 aliphatic heterocycles. The Morgan fingerprint density at radius 1 is 1.05 bits per heavy atom. The highest BCUT2D eigenvalue weighted by Gasteiger charge is 2.18. The van der Waals surface area contributed by atoms with Crippen LogP contribution in [0.25, 0.3) is 0 Å². The first-order chi connectivity index (χ1) is 10.2. The van der Waals surface area contributed by atoms with Crippen LogP contribution in [-0.4, -0.2) is 42.2 Å². The molecule has 0 amide bonds. The number of carbonyl (C=O) groups is 1. The van der Waals surface area contributed by atoms with Crippen LogP contribution in [0, 0.1) is 0 Å². The molecule has 1 aliphatic rings. The second-order valence-electron chi connectivity index (χ2n) is 5.17. The van der Waals surface area contributed by atoms with Crippen molar-refractivity contribution in [3.8, 4) is 0 Å². The van der Waals surface area contributed by atoms with Crippen LogP contribution in [0.3, 0.4) is 0 Å². The number of hydrogen-bond acceptors (Lipinski definition) is 4. The van der Waals surface area contributed by atoms with Crippen molar-refractivity contribution in [2.45, 2.75) is 6.54 Å². The van der Waals surface area contributed by atoms with Gasteiger partial charge >= 0.3 is 5.97 Å². The second-order valence-corrected chi connectivity index (χ2v) is 5.17. The maximum Gasteiger partial charge on any atom is 0.371 e. The number of hydrogen-bond donors (Lipinski definition) is 1. The summed E-state index contributed by atoms with van der Waals surface area (Å²) in [7, 11) is 0. The Labute approximate surface area is 123 Å². The van der Waals surface area contributed by atoms with Crippen LogP contribution in [0.5, 0.6) is 0 Å². The third-order valence-corrected chi connectivity index (χ3v) is 3.75. The summed E-state index contributed by atoms with van der Waals surface area (Å²) in [6, 6.07) is 13.6. The van der Waals surface area contributed by atoms with E-state index in [0.29, 0.717) is 12.3 Å². The molecule has 0 atom stereocenters. The van der Waals surface area contributed by atoms with Crippen molar-refractivity contribution in [2.75, 3.05) is 31.1 Å². The van der Waals surface area contributed by atoms with Crippen LogP contribution < -0.4 is 4.90 Å². The molecule has 1 fully saturated rings. The van der Waals surface area contributed by atoms with E-state index in [-0.39, 0.29) is 5.76 Å². The van der Waals surface area contributed by atoms with Gasteiger partial charge in [-0.15, -0.1) is 0 Å². The highest BCUT2D eigenvalue weighted by molar-refractivity contribution is 5.84. The molecule has 0 aliphatic carbocycles. The third kappa shape index (κ3) is 3.25. The fourth-order valence-electron chi connectivity index (χ4n) is 2.60. The van der Waals surface area contributed by atoms with E-state index in [1.165, 1.54) is 11.8 Å². The molecule has 2 aromatic rings. The quantitative estimate of drug-likeness (QED) is 0.934. The van der Waals surface area contributed by atoms with Gasteiger partial charge in [-0.3, -0.25) is 4.90 Å². The van der Waals surface area contributed by atoms with E-state index in [1.54, 1.807) is 6.07 Å². The smallest absolute Gasteiger partial charge is 0.371 e. The van der Waals surface area contributed by atoms with Gasteiger partial charge in [-0.2, -0.15) is 0 Å². The summed E-state index contributed by atoms with van der Waals surface area (Å²) in [5.41, 5.74) is 1.25. The van der Waals surface area contributed by atoms with Gasteiger partial charge in [-0.1, -0.05) is 18.2 Å². The predicted octanol–water partition coefficient (Wildman–Crippen LogP) is 2.30. The minimum Gasteiger partial charge on any atom is -0.475 e. The normalized spacial score (nSPS) is 16.1. The molecule has 110 valence electrons. The Morgan fingerprint density at radius 2 is 1.76 bits per heavy atom. The van der Waals surface area contributed by atoms with E-state index in [4.69, 9.17) is 9.52 Å². The van der Waals surface area contributed by atoms with Crippen molar-refractivity contribution in [3.63, 3.8) is 0 Å². The van der Waals surface area contributed by atoms with Gasteiger partial charge in [0, 0.05) is 31.9 Å². The van der Waals surface area contributed by atoms with Crippen molar-refractivity contribution in [1.82, 2.24) is 4.90 Å². The molecule has 2 heterocycles. The van der Waals surface area contributed by atoms with Gasteiger partial charge in [0.1, 0.15) is 5.76 Å². The predicted molar refractivity (Wildman–Crippen MR) is 79.6 cm³/mol. The van der Waals surface area contributed by atoms with Gasteiger partial charge in [-0.25, -0.2) is 4.79 Å². The van der Waals surface area contributed by atoms with Crippen molar-refractivity contribution in [1.29, 1.82) is 0 Å². The average Bonchev–Trinajstić information content (AvgIpc) is 2.98. The molecule has 0 radical (unpaired) electrons. The van der Waals surface area contributed by atoms with Crippen LogP contribution in [0.1, 0.15) is 16.3 Å². The molecule has 5 heteroatoms. The first kappa shape index (κ1) is 13.7. The largest absolute Gasteiger partial charge is 0.475 e. The Balaban J connectivity index is 1.55. The summed E-state index contributed by atoms with van der Waals surface area (Å²) in [4.78, 5) is 15.4. The van der Waals surface area contributed by atoms with Crippen LogP contribution in [-0.2, 0) is 6.54 Å². The molecule has 0 spiro atoms. The van der Waals surface area contributed by atoms with E-state index in [1.807, 2.05) is 6.07 Å². The third-order valence-electron chi connectivity index (χ3n) is 3.75. The zero-order valence-electron chi connectivity index (χ0n) is 11.7. The van der Waals surface area contributed by atoms with Gasteiger partial charge in [0.2, 0.25) is 5.76 Å². The van der Waals surface area contributed by atoms with Crippen LogP contribution in [0.2, 0.25) is 0 Å². The van der Waals surface area contributed by atoms with E-state index >= 15 is 0 Å². The maximum absolute atomic E-state index is 10.8. The fourth-order valence-corrected chi connectivity index (χ4v) is 2.60. The number of furan rings is 1. The number of anilines is 1. The number of rotatable bonds is 4. The molecule has 1 N–H and O–H groups in total. The number of aromatic carboxylic acids is 1. The highest BCUT2D eigenvalue weighted by Crippen LogP contribution is 2.17. The number of benzene rings is 1. The van der Waals surface area contributed by atoms with Gasteiger partial charge in [0.05, 0.1) is 6.54 Å². The van der Waals surface area contributed by atoms with Crippen molar-refractivity contribution < 1.29 is 14.3 Å². The molecule has 1 aromatic heterocycles. The number of nitrogens with zero attached hydrogens (tertiary/aromatic N) is 2. The zero-order chi connectivity index (χ0) is 14.7. The first-order valence-corrected chi connectivity index (χ1v) is 7.07. The summed E-state index contributed by atoms with van der Waals surface area (Å²) < 4.78 is 5.30. The fraction of sp³-hybridized carbons (Fsp3) is 0.312. The minimum absolute atomic E-state index is 0.00733. The van der Waals surface area contributed by atoms with Gasteiger partial charge in [-0.05, 0) is 24.3 Å².